The number of carbonyl (C=O) groups is 4. The number of rotatable bonds is 88. The van der Waals surface area contributed by atoms with E-state index in [1.165, 1.54) is 283 Å². The molecule has 0 aromatic rings. The Morgan fingerprint density at radius 3 is 0.645 bits per heavy atom. The summed E-state index contributed by atoms with van der Waals surface area (Å²) in [5.41, 5.74) is 0. The molecule has 0 aliphatic heterocycles. The number of carbonyl (C=O) groups excluding carboxylic acids is 4. The zero-order chi connectivity index (χ0) is 80.9. The van der Waals surface area contributed by atoms with Crippen LogP contribution >= 0.6 is 15.6 Å². The normalized spacial score (nSPS) is 14.3. The van der Waals surface area contributed by atoms with E-state index in [4.69, 9.17) is 37.0 Å². The molecule has 4 unspecified atom stereocenters. The number of hydrogen-bond donors (Lipinski definition) is 3. The van der Waals surface area contributed by atoms with E-state index in [0.29, 0.717) is 25.7 Å². The maximum atomic E-state index is 13.2. The third-order valence-electron chi connectivity index (χ3n) is 22.0. The summed E-state index contributed by atoms with van der Waals surface area (Å²) in [6.07, 6.45) is 70.7. The van der Waals surface area contributed by atoms with Crippen LogP contribution in [-0.4, -0.2) is 96.7 Å². The van der Waals surface area contributed by atoms with Gasteiger partial charge in [-0.05, 0) is 49.4 Å². The summed E-state index contributed by atoms with van der Waals surface area (Å²) in [6, 6.07) is 0. The molecule has 0 radical (unpaired) electrons. The fraction of sp³-hybridized carbons (Fsp3) is 0.956. The summed E-state index contributed by atoms with van der Waals surface area (Å²) in [5.74, 6) is 1.16. The lowest BCUT2D eigenvalue weighted by atomic mass is 9.99. The van der Waals surface area contributed by atoms with Crippen molar-refractivity contribution < 1.29 is 80.2 Å². The van der Waals surface area contributed by atoms with E-state index in [1.54, 1.807) is 0 Å². The van der Waals surface area contributed by atoms with Crippen molar-refractivity contribution in [1.82, 2.24) is 0 Å². The van der Waals surface area contributed by atoms with Crippen LogP contribution < -0.4 is 0 Å². The molecule has 0 rings (SSSR count). The summed E-state index contributed by atoms with van der Waals surface area (Å²) in [7, 11) is -9.94. The van der Waals surface area contributed by atoms with Crippen LogP contribution in [0.4, 0.5) is 0 Å². The van der Waals surface area contributed by atoms with Gasteiger partial charge in [0.25, 0.3) is 0 Å². The predicted octanol–water partition coefficient (Wildman–Crippen LogP) is 27.9. The summed E-state index contributed by atoms with van der Waals surface area (Å²) in [5, 5.41) is 10.7. The molecule has 654 valence electrons. The summed E-state index contributed by atoms with van der Waals surface area (Å²) < 4.78 is 69.1. The fourth-order valence-corrected chi connectivity index (χ4v) is 15.7. The lowest BCUT2D eigenvalue weighted by Crippen LogP contribution is -2.30. The highest BCUT2D eigenvalue weighted by Crippen LogP contribution is 2.45. The van der Waals surface area contributed by atoms with Crippen molar-refractivity contribution in [3.8, 4) is 0 Å². The molecule has 0 aliphatic rings. The number of phosphoric acid groups is 2. The molecule has 0 heterocycles. The quantitative estimate of drug-likeness (QED) is 0.0222. The molecule has 0 amide bonds. The molecule has 19 heteroatoms. The Morgan fingerprint density at radius 1 is 0.255 bits per heavy atom. The topological polar surface area (TPSA) is 237 Å². The molecule has 7 atom stereocenters. The molecule has 0 fully saturated rings. The molecule has 0 aliphatic carbocycles. The lowest BCUT2D eigenvalue weighted by Gasteiger charge is -2.21. The van der Waals surface area contributed by atoms with E-state index >= 15 is 0 Å². The highest BCUT2D eigenvalue weighted by atomic mass is 31.2. The number of esters is 4. The second-order valence-electron chi connectivity index (χ2n) is 34.1. The van der Waals surface area contributed by atoms with Gasteiger partial charge >= 0.3 is 39.5 Å². The van der Waals surface area contributed by atoms with Crippen molar-refractivity contribution >= 4 is 39.5 Å². The summed E-state index contributed by atoms with van der Waals surface area (Å²) in [6.45, 7) is 14.4. The van der Waals surface area contributed by atoms with Gasteiger partial charge in [0.2, 0.25) is 0 Å². The van der Waals surface area contributed by atoms with Gasteiger partial charge in [-0.3, -0.25) is 37.3 Å². The van der Waals surface area contributed by atoms with E-state index < -0.39 is 97.5 Å². The highest BCUT2D eigenvalue weighted by molar-refractivity contribution is 7.47. The fourth-order valence-electron chi connectivity index (χ4n) is 14.1. The highest BCUT2D eigenvalue weighted by Gasteiger charge is 2.31. The van der Waals surface area contributed by atoms with Crippen molar-refractivity contribution in [1.29, 1.82) is 0 Å². The smallest absolute Gasteiger partial charge is 0.462 e. The van der Waals surface area contributed by atoms with Crippen molar-refractivity contribution in [2.75, 3.05) is 39.6 Å². The average molecular weight is 1610 g/mol. The van der Waals surface area contributed by atoms with Gasteiger partial charge in [-0.1, -0.05) is 428 Å². The van der Waals surface area contributed by atoms with Gasteiger partial charge in [-0.15, -0.1) is 0 Å². The number of unbranched alkanes of at least 4 members (excludes halogenated alkanes) is 52. The van der Waals surface area contributed by atoms with Gasteiger partial charge in [0.15, 0.2) is 12.2 Å². The number of ether oxygens (including phenoxy) is 4. The molecule has 0 bridgehead atoms. The van der Waals surface area contributed by atoms with Crippen LogP contribution in [0, 0.1) is 23.7 Å². The Kier molecular flexibility index (Phi) is 78.1. The molecule has 3 N–H and O–H groups in total. The Balaban J connectivity index is 5.26. The van der Waals surface area contributed by atoms with Crippen LogP contribution in [0.3, 0.4) is 0 Å². The van der Waals surface area contributed by atoms with Gasteiger partial charge in [0, 0.05) is 25.7 Å². The third-order valence-corrected chi connectivity index (χ3v) is 23.9. The van der Waals surface area contributed by atoms with Gasteiger partial charge in [-0.2, -0.15) is 0 Å². The first-order valence-corrected chi connectivity index (χ1v) is 49.8. The Morgan fingerprint density at radius 2 is 0.436 bits per heavy atom. The van der Waals surface area contributed by atoms with E-state index in [1.807, 2.05) is 0 Å². The third kappa shape index (κ3) is 81.2. The van der Waals surface area contributed by atoms with Crippen molar-refractivity contribution in [2.24, 2.45) is 23.7 Å². The van der Waals surface area contributed by atoms with Gasteiger partial charge in [-0.25, -0.2) is 9.13 Å². The van der Waals surface area contributed by atoms with Crippen LogP contribution in [0.15, 0.2) is 0 Å². The maximum absolute atomic E-state index is 13.2. The Labute approximate surface area is 677 Å². The second-order valence-corrected chi connectivity index (χ2v) is 37.0. The van der Waals surface area contributed by atoms with E-state index in [9.17, 15) is 43.2 Å². The molecule has 0 aromatic heterocycles. The van der Waals surface area contributed by atoms with Crippen LogP contribution in [0.25, 0.3) is 0 Å². The SMILES string of the molecule is CCC(C)CCCCCCCCCCCCCCCCC(=O)O[C@H](COC(=O)CCCCCCCCCCC(C)CC)COP(=O)(O)OC[C@H](O)COP(=O)(O)OC[C@@H](COC(=O)CCCCCCCCCCCCCCCCCCC(C)C)OC(=O)CCCCCCCCCCCCCCCCCCCCC(C)C. The monoisotopic (exact) mass is 1610 g/mol. The molecule has 0 saturated carbocycles. The van der Waals surface area contributed by atoms with E-state index in [2.05, 4.69) is 55.4 Å². The zero-order valence-corrected chi connectivity index (χ0v) is 74.7. The van der Waals surface area contributed by atoms with Crippen molar-refractivity contribution in [3.05, 3.63) is 0 Å². The first kappa shape index (κ1) is 108. The Hall–Kier alpha value is -1.94. The van der Waals surface area contributed by atoms with Gasteiger partial charge < -0.3 is 33.8 Å². The molecule has 0 saturated heterocycles. The zero-order valence-electron chi connectivity index (χ0n) is 72.9. The minimum Gasteiger partial charge on any atom is -0.462 e. The molecule has 0 aromatic carbocycles. The lowest BCUT2D eigenvalue weighted by molar-refractivity contribution is -0.161. The van der Waals surface area contributed by atoms with Gasteiger partial charge in [0.05, 0.1) is 26.4 Å². The minimum absolute atomic E-state index is 0.107. The second kappa shape index (κ2) is 79.5. The Bertz CT molecular complexity index is 2130. The summed E-state index contributed by atoms with van der Waals surface area (Å²) >= 11 is 0. The minimum atomic E-state index is -4.97. The van der Waals surface area contributed by atoms with Crippen molar-refractivity contribution in [3.63, 3.8) is 0 Å². The standard InChI is InChI=1S/C91H178O17P2/c1-9-83(7)69-61-53-45-37-31-25-21-22-28-34-40-50-58-66-74-91(96)108-87(78-102-89(94)72-64-56-48-42-41-46-54-62-70-84(8)10-2)80-106-110(99,100)104-76-85(92)75-103-109(97,98)105-79-86(77-101-88(93)71-63-55-47-38-32-26-19-16-15-18-24-30-36-44-52-60-68-82(5)6)107-90(95)73-65-57-49-39-33-27-20-14-12-11-13-17-23-29-35-43-51-59-67-81(3)4/h81-87,92H,9-80H2,1-8H3,(H,97,98)(H,99,100)/t83?,84?,85-,86-,87-/m1/s1. The summed E-state index contributed by atoms with van der Waals surface area (Å²) in [4.78, 5) is 73.4. The average Bonchev–Trinajstić information content (AvgIpc) is 0.894. The first-order valence-electron chi connectivity index (χ1n) is 46.8. The molecular formula is C91H178O17P2. The molecule has 17 nitrogen and oxygen atoms in total. The number of aliphatic hydroxyl groups excluding tert-OH is 1. The number of phosphoric ester groups is 2. The molecule has 0 spiro atoms. The van der Waals surface area contributed by atoms with Crippen molar-refractivity contribution in [2.45, 2.75) is 497 Å². The van der Waals surface area contributed by atoms with Crippen LogP contribution in [0.2, 0.25) is 0 Å². The van der Waals surface area contributed by atoms with Crippen LogP contribution in [-0.2, 0) is 65.4 Å². The number of hydrogen-bond acceptors (Lipinski definition) is 15. The molecule has 110 heavy (non-hydrogen) atoms. The van der Waals surface area contributed by atoms with E-state index in [-0.39, 0.29) is 25.7 Å². The molecular weight excluding hydrogens is 1430 g/mol. The van der Waals surface area contributed by atoms with Gasteiger partial charge in [0.1, 0.15) is 19.3 Å². The largest absolute Gasteiger partial charge is 0.472 e. The van der Waals surface area contributed by atoms with Crippen LogP contribution in [0.5, 0.6) is 0 Å². The van der Waals surface area contributed by atoms with E-state index in [0.717, 1.165) is 114 Å². The first-order chi connectivity index (χ1) is 53.2. The predicted molar refractivity (Wildman–Crippen MR) is 455 cm³/mol. The van der Waals surface area contributed by atoms with Crippen LogP contribution in [0.1, 0.15) is 479 Å². The maximum Gasteiger partial charge on any atom is 0.472 e. The number of aliphatic hydroxyl groups is 1.